The van der Waals surface area contributed by atoms with Gasteiger partial charge in [0.2, 0.25) is 5.91 Å². The van der Waals surface area contributed by atoms with Gasteiger partial charge in [-0.15, -0.1) is 0 Å². The SMILES string of the molecule is CCC(CC)(CC(C)C)C(=O)NC1(CC(=O)O)CCOCC1. The van der Waals surface area contributed by atoms with Crippen LogP contribution in [0.4, 0.5) is 0 Å². The molecule has 0 aromatic rings. The lowest BCUT2D eigenvalue weighted by Gasteiger charge is -2.41. The highest BCUT2D eigenvalue weighted by atomic mass is 16.5. The Kier molecular flexibility index (Phi) is 6.85. The van der Waals surface area contributed by atoms with Crippen molar-refractivity contribution in [3.05, 3.63) is 0 Å². The van der Waals surface area contributed by atoms with Crippen molar-refractivity contribution in [1.82, 2.24) is 5.32 Å². The first kappa shape index (κ1) is 18.9. The summed E-state index contributed by atoms with van der Waals surface area (Å²) < 4.78 is 5.35. The molecule has 1 aliphatic rings. The topological polar surface area (TPSA) is 75.6 Å². The summed E-state index contributed by atoms with van der Waals surface area (Å²) in [4.78, 5) is 24.2. The number of carboxylic acids is 1. The van der Waals surface area contributed by atoms with Crippen LogP contribution in [0.5, 0.6) is 0 Å². The van der Waals surface area contributed by atoms with Gasteiger partial charge in [0, 0.05) is 18.6 Å². The van der Waals surface area contributed by atoms with Crippen molar-refractivity contribution in [2.24, 2.45) is 11.3 Å². The van der Waals surface area contributed by atoms with Crippen LogP contribution in [0.1, 0.15) is 66.2 Å². The maximum Gasteiger partial charge on any atom is 0.305 e. The Morgan fingerprint density at radius 3 is 2.18 bits per heavy atom. The minimum absolute atomic E-state index is 0.00866. The average Bonchev–Trinajstić information content (AvgIpc) is 2.44. The zero-order chi connectivity index (χ0) is 16.8. The van der Waals surface area contributed by atoms with E-state index >= 15 is 0 Å². The third kappa shape index (κ3) is 4.70. The minimum atomic E-state index is -0.871. The van der Waals surface area contributed by atoms with Crippen LogP contribution >= 0.6 is 0 Å². The molecule has 1 saturated heterocycles. The Morgan fingerprint density at radius 1 is 1.23 bits per heavy atom. The molecule has 0 atom stereocenters. The molecule has 0 bridgehead atoms. The predicted octanol–water partition coefficient (Wildman–Crippen LogP) is 2.98. The van der Waals surface area contributed by atoms with E-state index in [1.807, 2.05) is 13.8 Å². The van der Waals surface area contributed by atoms with Crippen molar-refractivity contribution in [3.8, 4) is 0 Å². The van der Waals surface area contributed by atoms with Gasteiger partial charge >= 0.3 is 5.97 Å². The standard InChI is InChI=1S/C17H31NO4/c1-5-16(6-2,11-13(3)4)15(21)18-17(12-14(19)20)7-9-22-10-8-17/h13H,5-12H2,1-4H3,(H,18,21)(H,19,20). The molecule has 1 heterocycles. The third-order valence-corrected chi connectivity index (χ3v) is 4.95. The molecule has 1 aliphatic heterocycles. The lowest BCUT2D eigenvalue weighted by Crippen LogP contribution is -2.57. The van der Waals surface area contributed by atoms with Crippen LogP contribution in [0.2, 0.25) is 0 Å². The summed E-state index contributed by atoms with van der Waals surface area (Å²) in [6, 6.07) is 0. The Balaban J connectivity index is 2.94. The first-order valence-electron chi connectivity index (χ1n) is 8.41. The normalized spacial score (nSPS) is 18.2. The number of hydrogen-bond acceptors (Lipinski definition) is 3. The number of rotatable bonds is 8. The second-order valence-corrected chi connectivity index (χ2v) is 7.00. The van der Waals surface area contributed by atoms with Crippen molar-refractivity contribution >= 4 is 11.9 Å². The molecule has 1 rings (SSSR count). The Bertz CT molecular complexity index is 382. The Morgan fingerprint density at radius 2 is 1.77 bits per heavy atom. The molecule has 0 saturated carbocycles. The summed E-state index contributed by atoms with van der Waals surface area (Å²) in [6.07, 6.45) is 3.46. The van der Waals surface area contributed by atoms with Gasteiger partial charge in [-0.3, -0.25) is 9.59 Å². The van der Waals surface area contributed by atoms with Crippen LogP contribution in [0.3, 0.4) is 0 Å². The second-order valence-electron chi connectivity index (χ2n) is 7.00. The molecule has 0 spiro atoms. The first-order chi connectivity index (χ1) is 10.3. The molecule has 0 aromatic carbocycles. The summed E-state index contributed by atoms with van der Waals surface area (Å²) in [5.74, 6) is -0.435. The number of nitrogens with one attached hydrogen (secondary N) is 1. The van der Waals surface area contributed by atoms with Crippen LogP contribution < -0.4 is 5.32 Å². The van der Waals surface area contributed by atoms with Gasteiger partial charge in [0.05, 0.1) is 12.0 Å². The quantitative estimate of drug-likeness (QED) is 0.722. The molecule has 0 radical (unpaired) electrons. The molecular formula is C17H31NO4. The number of ether oxygens (including phenoxy) is 1. The molecule has 22 heavy (non-hydrogen) atoms. The highest BCUT2D eigenvalue weighted by Crippen LogP contribution is 2.36. The molecule has 128 valence electrons. The van der Waals surface area contributed by atoms with E-state index in [1.165, 1.54) is 0 Å². The van der Waals surface area contributed by atoms with E-state index in [0.29, 0.717) is 32.0 Å². The van der Waals surface area contributed by atoms with Crippen molar-refractivity contribution in [1.29, 1.82) is 0 Å². The van der Waals surface area contributed by atoms with Crippen LogP contribution in [0, 0.1) is 11.3 Å². The van der Waals surface area contributed by atoms with Gasteiger partial charge in [-0.1, -0.05) is 27.7 Å². The largest absolute Gasteiger partial charge is 0.481 e. The fourth-order valence-electron chi connectivity index (χ4n) is 3.50. The predicted molar refractivity (Wildman–Crippen MR) is 85.6 cm³/mol. The second kappa shape index (κ2) is 7.95. The maximum atomic E-state index is 13.0. The Labute approximate surface area is 133 Å². The highest BCUT2D eigenvalue weighted by molar-refractivity contribution is 5.84. The van der Waals surface area contributed by atoms with Gasteiger partial charge in [-0.05, 0) is 38.0 Å². The smallest absolute Gasteiger partial charge is 0.305 e. The lowest BCUT2D eigenvalue weighted by molar-refractivity contribution is -0.142. The zero-order valence-electron chi connectivity index (χ0n) is 14.4. The lowest BCUT2D eigenvalue weighted by atomic mass is 9.73. The summed E-state index contributed by atoms with van der Waals surface area (Å²) in [7, 11) is 0. The van der Waals surface area contributed by atoms with Crippen LogP contribution in [-0.2, 0) is 14.3 Å². The molecular weight excluding hydrogens is 282 g/mol. The maximum absolute atomic E-state index is 13.0. The van der Waals surface area contributed by atoms with Crippen LogP contribution in [0.15, 0.2) is 0 Å². The van der Waals surface area contributed by atoms with Gasteiger partial charge in [0.25, 0.3) is 0 Å². The number of aliphatic carboxylic acids is 1. The third-order valence-electron chi connectivity index (χ3n) is 4.95. The molecule has 0 aliphatic carbocycles. The van der Waals surface area contributed by atoms with E-state index in [-0.39, 0.29) is 12.3 Å². The number of carbonyl (C=O) groups is 2. The van der Waals surface area contributed by atoms with Crippen molar-refractivity contribution in [2.45, 2.75) is 71.8 Å². The van der Waals surface area contributed by atoms with E-state index in [0.717, 1.165) is 19.3 Å². The van der Waals surface area contributed by atoms with Gasteiger partial charge in [0.15, 0.2) is 0 Å². The number of hydrogen-bond donors (Lipinski definition) is 2. The first-order valence-corrected chi connectivity index (χ1v) is 8.41. The number of amides is 1. The van der Waals surface area contributed by atoms with E-state index in [2.05, 4.69) is 19.2 Å². The van der Waals surface area contributed by atoms with E-state index < -0.39 is 16.9 Å². The summed E-state index contributed by atoms with van der Waals surface area (Å²) in [5, 5.41) is 12.3. The van der Waals surface area contributed by atoms with Crippen LogP contribution in [-0.4, -0.2) is 35.7 Å². The zero-order valence-corrected chi connectivity index (χ0v) is 14.4. The average molecular weight is 313 g/mol. The fraction of sp³-hybridized carbons (Fsp3) is 0.882. The molecule has 2 N–H and O–H groups in total. The van der Waals surface area contributed by atoms with Crippen molar-refractivity contribution < 1.29 is 19.4 Å². The summed E-state index contributed by atoms with van der Waals surface area (Å²) >= 11 is 0. The highest BCUT2D eigenvalue weighted by Gasteiger charge is 2.42. The molecule has 1 fully saturated rings. The van der Waals surface area contributed by atoms with Gasteiger partial charge in [-0.25, -0.2) is 0 Å². The van der Waals surface area contributed by atoms with E-state index in [9.17, 15) is 14.7 Å². The number of carbonyl (C=O) groups excluding carboxylic acids is 1. The molecule has 5 nitrogen and oxygen atoms in total. The molecule has 0 unspecified atom stereocenters. The summed E-state index contributed by atoms with van der Waals surface area (Å²) in [6.45, 7) is 9.33. The molecule has 1 amide bonds. The van der Waals surface area contributed by atoms with Crippen LogP contribution in [0.25, 0.3) is 0 Å². The van der Waals surface area contributed by atoms with Gasteiger partial charge in [0.1, 0.15) is 0 Å². The molecule has 0 aromatic heterocycles. The fourth-order valence-corrected chi connectivity index (χ4v) is 3.50. The summed E-state index contributed by atoms with van der Waals surface area (Å²) in [5.41, 5.74) is -1.06. The van der Waals surface area contributed by atoms with E-state index in [1.54, 1.807) is 0 Å². The van der Waals surface area contributed by atoms with Gasteiger partial charge in [-0.2, -0.15) is 0 Å². The number of carboxylic acid groups (broad SMARTS) is 1. The monoisotopic (exact) mass is 313 g/mol. The molecule has 5 heteroatoms. The minimum Gasteiger partial charge on any atom is -0.481 e. The van der Waals surface area contributed by atoms with Crippen molar-refractivity contribution in [2.75, 3.05) is 13.2 Å². The Hall–Kier alpha value is -1.10. The van der Waals surface area contributed by atoms with Gasteiger partial charge < -0.3 is 15.2 Å². The van der Waals surface area contributed by atoms with Crippen molar-refractivity contribution in [3.63, 3.8) is 0 Å². The van der Waals surface area contributed by atoms with E-state index in [4.69, 9.17) is 4.74 Å².